The van der Waals surface area contributed by atoms with Crippen LogP contribution in [-0.2, 0) is 9.92 Å². The van der Waals surface area contributed by atoms with Crippen LogP contribution in [0.15, 0.2) is 82.1 Å². The minimum absolute atomic E-state index is 0.195. The molecule has 4 atom stereocenters. The molecular weight excluding hydrogens is 507 g/mol. The van der Waals surface area contributed by atoms with E-state index in [1.807, 2.05) is 48.5 Å². The fourth-order valence-electron chi connectivity index (χ4n) is 4.91. The molecule has 37 heavy (non-hydrogen) atoms. The number of rotatable bonds is 5. The average Bonchev–Trinajstić information content (AvgIpc) is 2.88. The lowest BCUT2D eigenvalue weighted by atomic mass is 9.86. The van der Waals surface area contributed by atoms with Gasteiger partial charge in [0, 0.05) is 13.1 Å². The summed E-state index contributed by atoms with van der Waals surface area (Å²) in [6.45, 7) is 0. The number of ether oxygens (including phenoxy) is 2. The van der Waals surface area contributed by atoms with Gasteiger partial charge in [-0.3, -0.25) is 0 Å². The minimum Gasteiger partial charge on any atom is -0.453 e. The van der Waals surface area contributed by atoms with Crippen molar-refractivity contribution >= 4 is 21.3 Å². The Balaban J connectivity index is 1.42. The number of aliphatic hydroxyl groups is 1. The van der Waals surface area contributed by atoms with Gasteiger partial charge in [0.1, 0.15) is 15.7 Å². The number of aliphatic hydroxyl groups excluding tert-OH is 1. The Hall–Kier alpha value is -3.28. The first-order valence-corrected chi connectivity index (χ1v) is 13.3. The van der Waals surface area contributed by atoms with Crippen molar-refractivity contribution in [3.05, 3.63) is 72.8 Å². The minimum atomic E-state index is -4.83. The van der Waals surface area contributed by atoms with Gasteiger partial charge >= 0.3 is 6.36 Å². The molecule has 1 saturated carbocycles. The highest BCUT2D eigenvalue weighted by Gasteiger charge is 2.40. The summed E-state index contributed by atoms with van der Waals surface area (Å²) >= 11 is 0. The molecule has 7 nitrogen and oxygen atoms in total. The molecule has 0 amide bonds. The van der Waals surface area contributed by atoms with Gasteiger partial charge in [0.25, 0.3) is 0 Å². The molecule has 2 N–H and O–H groups in total. The smallest absolute Gasteiger partial charge is 0.453 e. The van der Waals surface area contributed by atoms with Crippen molar-refractivity contribution in [2.24, 2.45) is 4.36 Å². The first-order valence-electron chi connectivity index (χ1n) is 11.8. The van der Waals surface area contributed by atoms with Crippen molar-refractivity contribution in [2.75, 3.05) is 11.9 Å². The maximum absolute atomic E-state index is 13.8. The van der Waals surface area contributed by atoms with E-state index in [0.717, 1.165) is 29.9 Å². The molecule has 5 rings (SSSR count). The molecule has 1 aliphatic carbocycles. The zero-order valence-electron chi connectivity index (χ0n) is 19.9. The summed E-state index contributed by atoms with van der Waals surface area (Å²) < 4.78 is 68.4. The SMILES string of the molecule is CN=S(=O)(NC1CCCC(N2c3ccccc3Oc3ccccc32)C1O)c1ccc(OC(F)(F)F)cc1. The molecule has 4 unspecified atom stereocenters. The largest absolute Gasteiger partial charge is 0.573 e. The highest BCUT2D eigenvalue weighted by Crippen LogP contribution is 2.49. The summed E-state index contributed by atoms with van der Waals surface area (Å²) in [7, 11) is -1.87. The highest BCUT2D eigenvalue weighted by molar-refractivity contribution is 7.91. The predicted octanol–water partition coefficient (Wildman–Crippen LogP) is 5.77. The number of anilines is 2. The van der Waals surface area contributed by atoms with E-state index in [-0.39, 0.29) is 10.9 Å². The summed E-state index contributed by atoms with van der Waals surface area (Å²) in [6, 6.07) is 19.0. The summed E-state index contributed by atoms with van der Waals surface area (Å²) in [5, 5.41) is 11.6. The van der Waals surface area contributed by atoms with Gasteiger partial charge < -0.3 is 19.5 Å². The van der Waals surface area contributed by atoms with Gasteiger partial charge in [0.05, 0.1) is 28.4 Å². The van der Waals surface area contributed by atoms with Crippen molar-refractivity contribution < 1.29 is 32.0 Å². The van der Waals surface area contributed by atoms with Crippen LogP contribution >= 0.6 is 0 Å². The maximum Gasteiger partial charge on any atom is 0.573 e. The van der Waals surface area contributed by atoms with Crippen molar-refractivity contribution in [3.63, 3.8) is 0 Å². The molecule has 0 aromatic heterocycles. The Morgan fingerprint density at radius 1 is 1.00 bits per heavy atom. The van der Waals surface area contributed by atoms with Crippen LogP contribution in [-0.4, -0.2) is 40.9 Å². The highest BCUT2D eigenvalue weighted by atomic mass is 32.2. The van der Waals surface area contributed by atoms with Crippen LogP contribution in [0.5, 0.6) is 17.2 Å². The van der Waals surface area contributed by atoms with Gasteiger partial charge in [-0.15, -0.1) is 13.2 Å². The fourth-order valence-corrected chi connectivity index (χ4v) is 6.54. The second kappa shape index (κ2) is 9.88. The third-order valence-corrected chi connectivity index (χ3v) is 8.62. The maximum atomic E-state index is 13.8. The van der Waals surface area contributed by atoms with E-state index in [0.29, 0.717) is 24.3 Å². The van der Waals surface area contributed by atoms with E-state index < -0.39 is 34.2 Å². The predicted molar refractivity (Wildman–Crippen MR) is 134 cm³/mol. The van der Waals surface area contributed by atoms with Crippen LogP contribution < -0.4 is 19.1 Å². The Kier molecular flexibility index (Phi) is 6.78. The van der Waals surface area contributed by atoms with Gasteiger partial charge in [0.2, 0.25) is 0 Å². The standard InChI is InChI=1S/C26H26F3N3O4S/c1-30-37(34,18-15-13-17(14-16-18)36-26(27,28)29)31-19-7-6-10-22(25(19)33)32-20-8-2-4-11-23(20)35-24-12-5-3-9-21(24)32/h2-5,8-9,11-16,19,22,25,33H,6-7,10H2,1H3,(H,30,31,34). The summed E-state index contributed by atoms with van der Waals surface area (Å²) in [5.74, 6) is 0.936. The number of halogens is 3. The fraction of sp³-hybridized carbons (Fsp3) is 0.308. The second-order valence-electron chi connectivity index (χ2n) is 8.85. The van der Waals surface area contributed by atoms with Crippen molar-refractivity contribution in [1.29, 1.82) is 0 Å². The third kappa shape index (κ3) is 5.11. The lowest BCUT2D eigenvalue weighted by molar-refractivity contribution is -0.274. The van der Waals surface area contributed by atoms with E-state index in [1.165, 1.54) is 19.2 Å². The quantitative estimate of drug-likeness (QED) is 0.435. The van der Waals surface area contributed by atoms with Gasteiger partial charge in [-0.1, -0.05) is 24.3 Å². The monoisotopic (exact) mass is 533 g/mol. The summed E-state index contributed by atoms with van der Waals surface area (Å²) in [4.78, 5) is 2.27. The number of para-hydroxylation sites is 4. The molecule has 0 bridgehead atoms. The number of hydrogen-bond donors (Lipinski definition) is 2. The zero-order chi connectivity index (χ0) is 26.2. The molecule has 3 aromatic rings. The first kappa shape index (κ1) is 25.4. The number of hydrogen-bond acceptors (Lipinski definition) is 6. The Bertz CT molecular complexity index is 1340. The van der Waals surface area contributed by atoms with Crippen LogP contribution in [0.4, 0.5) is 24.5 Å². The van der Waals surface area contributed by atoms with Crippen molar-refractivity contribution in [1.82, 2.24) is 4.72 Å². The third-order valence-electron chi connectivity index (χ3n) is 6.57. The van der Waals surface area contributed by atoms with Crippen molar-refractivity contribution in [3.8, 4) is 17.2 Å². The zero-order valence-corrected chi connectivity index (χ0v) is 20.7. The lowest BCUT2D eigenvalue weighted by Crippen LogP contribution is -2.56. The Morgan fingerprint density at radius 3 is 2.16 bits per heavy atom. The molecule has 0 spiro atoms. The molecule has 1 fully saturated rings. The van der Waals surface area contributed by atoms with Crippen LogP contribution in [0.25, 0.3) is 0 Å². The number of alkyl halides is 3. The second-order valence-corrected chi connectivity index (χ2v) is 11.0. The normalized spacial score (nSPS) is 22.7. The van der Waals surface area contributed by atoms with E-state index >= 15 is 0 Å². The van der Waals surface area contributed by atoms with E-state index in [2.05, 4.69) is 18.7 Å². The molecule has 0 saturated heterocycles. The summed E-state index contributed by atoms with van der Waals surface area (Å²) in [5.41, 5.74) is 1.65. The Morgan fingerprint density at radius 2 is 1.59 bits per heavy atom. The first-order chi connectivity index (χ1) is 17.7. The van der Waals surface area contributed by atoms with Crippen molar-refractivity contribution in [2.45, 2.75) is 48.7 Å². The van der Waals surface area contributed by atoms with Gasteiger partial charge in [-0.2, -0.15) is 0 Å². The lowest BCUT2D eigenvalue weighted by Gasteiger charge is -2.45. The molecule has 3 aromatic carbocycles. The van der Waals surface area contributed by atoms with Crippen LogP contribution in [0.2, 0.25) is 0 Å². The van der Waals surface area contributed by atoms with Crippen LogP contribution in [0, 0.1) is 0 Å². The molecule has 196 valence electrons. The molecular formula is C26H26F3N3O4S. The molecule has 1 heterocycles. The van der Waals surface area contributed by atoms with Crippen LogP contribution in [0.1, 0.15) is 19.3 Å². The van der Waals surface area contributed by atoms with Gasteiger partial charge in [-0.05, 0) is 67.8 Å². The number of nitrogens with one attached hydrogen (secondary N) is 1. The number of nitrogens with zero attached hydrogens (tertiary/aromatic N) is 2. The summed E-state index contributed by atoms with van der Waals surface area (Å²) in [6.07, 6.45) is -3.76. The molecule has 2 aliphatic rings. The molecule has 11 heteroatoms. The average molecular weight is 534 g/mol. The number of fused-ring (bicyclic) bond motifs is 2. The van der Waals surface area contributed by atoms with Crippen LogP contribution in [0.3, 0.4) is 0 Å². The number of benzene rings is 3. The topological polar surface area (TPSA) is 83.4 Å². The Labute approximate surface area is 213 Å². The van der Waals surface area contributed by atoms with Gasteiger partial charge in [0.15, 0.2) is 11.5 Å². The molecule has 1 aliphatic heterocycles. The van der Waals surface area contributed by atoms with E-state index in [1.54, 1.807) is 0 Å². The molecule has 0 radical (unpaired) electrons. The van der Waals surface area contributed by atoms with E-state index in [4.69, 9.17) is 4.74 Å². The van der Waals surface area contributed by atoms with E-state index in [9.17, 15) is 22.5 Å². The van der Waals surface area contributed by atoms with Gasteiger partial charge in [-0.25, -0.2) is 13.3 Å².